The highest BCUT2D eigenvalue weighted by Crippen LogP contribution is 2.22. The Kier molecular flexibility index (Phi) is 5.55. The number of rotatable bonds is 5. The summed E-state index contributed by atoms with van der Waals surface area (Å²) in [6.07, 6.45) is 1.32. The number of likely N-dealkylation sites (N-methyl/N-ethyl adjacent to an activating group) is 1. The third-order valence-corrected chi connectivity index (χ3v) is 3.34. The van der Waals surface area contributed by atoms with Gasteiger partial charge >= 0.3 is 0 Å². The summed E-state index contributed by atoms with van der Waals surface area (Å²) in [6.45, 7) is 7.79. The quantitative estimate of drug-likeness (QED) is 0.885. The molecule has 1 aromatic rings. The number of hydrogen-bond donors (Lipinski definition) is 1. The first-order valence-electron chi connectivity index (χ1n) is 6.88. The van der Waals surface area contributed by atoms with Crippen LogP contribution in [0.5, 0.6) is 0 Å². The van der Waals surface area contributed by atoms with Crippen molar-refractivity contribution in [2.75, 3.05) is 20.1 Å². The van der Waals surface area contributed by atoms with Crippen molar-refractivity contribution >= 4 is 5.91 Å². The van der Waals surface area contributed by atoms with Crippen LogP contribution in [-0.4, -0.2) is 30.9 Å². The minimum atomic E-state index is 0.119. The second kappa shape index (κ2) is 6.71. The number of hydrogen-bond acceptors (Lipinski definition) is 2. The molecule has 0 fully saturated rings. The average Bonchev–Trinajstić information content (AvgIpc) is 2.35. The van der Waals surface area contributed by atoms with Gasteiger partial charge in [0.25, 0.3) is 0 Å². The van der Waals surface area contributed by atoms with Gasteiger partial charge in [0.05, 0.1) is 0 Å². The van der Waals surface area contributed by atoms with E-state index >= 15 is 0 Å². The normalized spacial score (nSPS) is 11.4. The molecule has 106 valence electrons. The van der Waals surface area contributed by atoms with Crippen molar-refractivity contribution < 1.29 is 4.79 Å². The predicted octanol–water partition coefficient (Wildman–Crippen LogP) is 2.33. The molecule has 0 aliphatic carbocycles. The highest BCUT2D eigenvalue weighted by atomic mass is 16.2. The van der Waals surface area contributed by atoms with E-state index in [1.807, 2.05) is 7.05 Å². The average molecular weight is 262 g/mol. The fraction of sp³-hybridized carbons (Fsp3) is 0.562. The Morgan fingerprint density at radius 3 is 2.26 bits per heavy atom. The molecule has 0 atom stereocenters. The van der Waals surface area contributed by atoms with E-state index in [1.165, 1.54) is 11.1 Å². The topological polar surface area (TPSA) is 46.3 Å². The van der Waals surface area contributed by atoms with E-state index < -0.39 is 0 Å². The smallest absolute Gasteiger partial charge is 0.223 e. The van der Waals surface area contributed by atoms with Gasteiger partial charge in [-0.1, -0.05) is 45.0 Å². The van der Waals surface area contributed by atoms with Crippen molar-refractivity contribution in [1.29, 1.82) is 0 Å². The summed E-state index contributed by atoms with van der Waals surface area (Å²) in [7, 11) is 1.83. The Hall–Kier alpha value is -1.35. The first-order chi connectivity index (χ1) is 8.84. The molecule has 0 bridgehead atoms. The maximum absolute atomic E-state index is 11.6. The molecular formula is C16H26N2O. The maximum Gasteiger partial charge on any atom is 0.223 e. The largest absolute Gasteiger partial charge is 0.345 e. The van der Waals surface area contributed by atoms with E-state index in [1.54, 1.807) is 4.90 Å². The molecule has 19 heavy (non-hydrogen) atoms. The van der Waals surface area contributed by atoms with Gasteiger partial charge in [-0.2, -0.15) is 0 Å². The van der Waals surface area contributed by atoms with E-state index in [0.29, 0.717) is 13.0 Å². The highest BCUT2D eigenvalue weighted by Gasteiger charge is 2.13. The number of nitrogens with zero attached hydrogens (tertiary/aromatic N) is 1. The number of carbonyl (C=O) groups is 1. The fourth-order valence-electron chi connectivity index (χ4n) is 1.91. The van der Waals surface area contributed by atoms with Gasteiger partial charge in [-0.3, -0.25) is 4.79 Å². The van der Waals surface area contributed by atoms with Crippen LogP contribution in [0.1, 0.15) is 38.3 Å². The Bertz CT molecular complexity index is 404. The lowest BCUT2D eigenvalue weighted by Gasteiger charge is -2.20. The molecule has 2 N–H and O–H groups in total. The van der Waals surface area contributed by atoms with Gasteiger partial charge in [0, 0.05) is 26.6 Å². The Morgan fingerprint density at radius 2 is 1.79 bits per heavy atom. The van der Waals surface area contributed by atoms with E-state index in [-0.39, 0.29) is 11.3 Å². The van der Waals surface area contributed by atoms with E-state index in [9.17, 15) is 4.79 Å². The van der Waals surface area contributed by atoms with Crippen LogP contribution in [0.25, 0.3) is 0 Å². The van der Waals surface area contributed by atoms with Crippen molar-refractivity contribution in [3.8, 4) is 0 Å². The summed E-state index contributed by atoms with van der Waals surface area (Å²) in [5, 5.41) is 0. The summed E-state index contributed by atoms with van der Waals surface area (Å²) in [5.74, 6) is 0.119. The standard InChI is InChI=1S/C16H26N2O/c1-16(2,3)14-7-5-13(6-8-14)10-12-18(4)15(19)9-11-17/h5-8H,9-12,17H2,1-4H3. The molecule has 0 aliphatic heterocycles. The van der Waals surface area contributed by atoms with Crippen molar-refractivity contribution in [2.24, 2.45) is 5.73 Å². The number of benzene rings is 1. The van der Waals surface area contributed by atoms with Crippen molar-refractivity contribution in [2.45, 2.75) is 39.0 Å². The summed E-state index contributed by atoms with van der Waals surface area (Å²) in [5.41, 5.74) is 8.17. The molecule has 0 aromatic heterocycles. The zero-order valence-electron chi connectivity index (χ0n) is 12.6. The lowest BCUT2D eigenvalue weighted by Crippen LogP contribution is -2.30. The summed E-state index contributed by atoms with van der Waals surface area (Å²) >= 11 is 0. The van der Waals surface area contributed by atoms with Crippen molar-refractivity contribution in [3.05, 3.63) is 35.4 Å². The van der Waals surface area contributed by atoms with Crippen LogP contribution in [0, 0.1) is 0 Å². The Balaban J connectivity index is 2.53. The zero-order valence-corrected chi connectivity index (χ0v) is 12.6. The minimum Gasteiger partial charge on any atom is -0.345 e. The zero-order chi connectivity index (χ0) is 14.5. The van der Waals surface area contributed by atoms with Crippen LogP contribution >= 0.6 is 0 Å². The molecule has 3 nitrogen and oxygen atoms in total. The monoisotopic (exact) mass is 262 g/mol. The first kappa shape index (κ1) is 15.7. The maximum atomic E-state index is 11.6. The molecule has 1 amide bonds. The number of amides is 1. The van der Waals surface area contributed by atoms with Gasteiger partial charge in [-0.15, -0.1) is 0 Å². The fourth-order valence-corrected chi connectivity index (χ4v) is 1.91. The summed E-state index contributed by atoms with van der Waals surface area (Å²) < 4.78 is 0. The van der Waals surface area contributed by atoms with Crippen LogP contribution in [0.4, 0.5) is 0 Å². The van der Waals surface area contributed by atoms with Crippen LogP contribution in [0.15, 0.2) is 24.3 Å². The highest BCUT2D eigenvalue weighted by molar-refractivity contribution is 5.76. The molecule has 0 aliphatic rings. The molecule has 0 spiro atoms. The Labute approximate surface area is 116 Å². The molecule has 0 saturated carbocycles. The van der Waals surface area contributed by atoms with Gasteiger partial charge in [0.2, 0.25) is 5.91 Å². The third kappa shape index (κ3) is 5.03. The van der Waals surface area contributed by atoms with Gasteiger partial charge < -0.3 is 10.6 Å². The first-order valence-corrected chi connectivity index (χ1v) is 6.88. The minimum absolute atomic E-state index is 0.119. The van der Waals surface area contributed by atoms with Crippen LogP contribution in [-0.2, 0) is 16.6 Å². The van der Waals surface area contributed by atoms with Crippen molar-refractivity contribution in [3.63, 3.8) is 0 Å². The number of nitrogens with two attached hydrogens (primary N) is 1. The van der Waals surface area contributed by atoms with Crippen LogP contribution in [0.3, 0.4) is 0 Å². The van der Waals surface area contributed by atoms with Crippen LogP contribution in [0.2, 0.25) is 0 Å². The van der Waals surface area contributed by atoms with E-state index in [0.717, 1.165) is 13.0 Å². The van der Waals surface area contributed by atoms with Crippen LogP contribution < -0.4 is 5.73 Å². The van der Waals surface area contributed by atoms with E-state index in [2.05, 4.69) is 45.0 Å². The molecular weight excluding hydrogens is 236 g/mol. The lowest BCUT2D eigenvalue weighted by atomic mass is 9.86. The van der Waals surface area contributed by atoms with E-state index in [4.69, 9.17) is 5.73 Å². The summed E-state index contributed by atoms with van der Waals surface area (Å²) in [4.78, 5) is 13.4. The second-order valence-electron chi connectivity index (χ2n) is 6.05. The molecule has 0 unspecified atom stereocenters. The molecule has 0 saturated heterocycles. The molecule has 1 rings (SSSR count). The van der Waals surface area contributed by atoms with Gasteiger partial charge in [0.15, 0.2) is 0 Å². The predicted molar refractivity (Wildman–Crippen MR) is 80.2 cm³/mol. The summed E-state index contributed by atoms with van der Waals surface area (Å²) in [6, 6.07) is 8.66. The van der Waals surface area contributed by atoms with Gasteiger partial charge in [0.1, 0.15) is 0 Å². The Morgan fingerprint density at radius 1 is 1.21 bits per heavy atom. The van der Waals surface area contributed by atoms with Crippen molar-refractivity contribution in [1.82, 2.24) is 4.90 Å². The molecule has 0 heterocycles. The third-order valence-electron chi connectivity index (χ3n) is 3.34. The molecule has 1 aromatic carbocycles. The van der Waals surface area contributed by atoms with Gasteiger partial charge in [-0.25, -0.2) is 0 Å². The molecule has 3 heteroatoms. The molecule has 0 radical (unpaired) electrons. The SMILES string of the molecule is CN(CCc1ccc(C(C)(C)C)cc1)C(=O)CCN. The second-order valence-corrected chi connectivity index (χ2v) is 6.05. The van der Waals surface area contributed by atoms with Gasteiger partial charge in [-0.05, 0) is 23.0 Å². The lowest BCUT2D eigenvalue weighted by molar-refractivity contribution is -0.129. The number of carbonyl (C=O) groups excluding carboxylic acids is 1.